The minimum atomic E-state index is -0.586. The van der Waals surface area contributed by atoms with Gasteiger partial charge in [-0.3, -0.25) is 9.59 Å². The molecule has 0 radical (unpaired) electrons. The Bertz CT molecular complexity index is 587. The van der Waals surface area contributed by atoms with Crippen LogP contribution in [0.15, 0.2) is 24.3 Å². The third kappa shape index (κ3) is 2.42. The van der Waals surface area contributed by atoms with Gasteiger partial charge in [0.15, 0.2) is 0 Å². The van der Waals surface area contributed by atoms with Gasteiger partial charge in [0.1, 0.15) is 0 Å². The van der Waals surface area contributed by atoms with Crippen molar-refractivity contribution in [1.82, 2.24) is 10.2 Å². The first-order valence-electron chi connectivity index (χ1n) is 7.38. The van der Waals surface area contributed by atoms with E-state index in [-0.39, 0.29) is 17.7 Å². The van der Waals surface area contributed by atoms with Gasteiger partial charge in [-0.25, -0.2) is 0 Å². The highest BCUT2D eigenvalue weighted by atomic mass is 16.2. The first-order valence-corrected chi connectivity index (χ1v) is 7.38. The Morgan fingerprint density at radius 1 is 1.38 bits per heavy atom. The summed E-state index contributed by atoms with van der Waals surface area (Å²) < 4.78 is 0. The normalized spacial score (nSPS) is 28.2. The van der Waals surface area contributed by atoms with Crippen LogP contribution in [0.25, 0.3) is 0 Å². The summed E-state index contributed by atoms with van der Waals surface area (Å²) in [5, 5.41) is 3.30. The summed E-state index contributed by atoms with van der Waals surface area (Å²) in [4.78, 5) is 26.1. The number of likely N-dealkylation sites (tertiary alicyclic amines) is 1. The Hall–Kier alpha value is -1.88. The van der Waals surface area contributed by atoms with Crippen molar-refractivity contribution in [3.63, 3.8) is 0 Å². The molecular weight excluding hydrogens is 266 g/mol. The Morgan fingerprint density at radius 2 is 2.14 bits per heavy atom. The molecule has 2 aliphatic rings. The van der Waals surface area contributed by atoms with Crippen molar-refractivity contribution in [2.24, 2.45) is 11.1 Å². The molecule has 0 saturated carbocycles. The van der Waals surface area contributed by atoms with E-state index in [1.54, 1.807) is 4.90 Å². The van der Waals surface area contributed by atoms with E-state index < -0.39 is 5.41 Å². The molecule has 0 aliphatic carbocycles. The summed E-state index contributed by atoms with van der Waals surface area (Å²) in [7, 11) is 0. The fourth-order valence-electron chi connectivity index (χ4n) is 3.29. The van der Waals surface area contributed by atoms with Crippen molar-refractivity contribution < 1.29 is 9.59 Å². The number of hydrogen-bond donors (Lipinski definition) is 2. The zero-order valence-corrected chi connectivity index (χ0v) is 12.3. The molecule has 0 spiro atoms. The first-order chi connectivity index (χ1) is 10.0. The summed E-state index contributed by atoms with van der Waals surface area (Å²) in [5.74, 6) is -0.384. The number of nitrogens with two attached hydrogens (primary N) is 1. The van der Waals surface area contributed by atoms with Crippen LogP contribution in [-0.2, 0) is 16.1 Å². The number of amides is 2. The van der Waals surface area contributed by atoms with Crippen LogP contribution in [0.5, 0.6) is 0 Å². The topological polar surface area (TPSA) is 75.4 Å². The summed E-state index contributed by atoms with van der Waals surface area (Å²) >= 11 is 0. The fourth-order valence-corrected chi connectivity index (χ4v) is 3.29. The van der Waals surface area contributed by atoms with Crippen LogP contribution < -0.4 is 11.1 Å². The number of fused-ring (bicyclic) bond motifs is 1. The molecule has 5 nitrogen and oxygen atoms in total. The van der Waals surface area contributed by atoms with Gasteiger partial charge in [0.25, 0.3) is 0 Å². The number of benzene rings is 1. The molecule has 1 saturated heterocycles. The Morgan fingerprint density at radius 3 is 2.86 bits per heavy atom. The predicted octanol–water partition coefficient (Wildman–Crippen LogP) is 0.597. The van der Waals surface area contributed by atoms with Gasteiger partial charge >= 0.3 is 0 Å². The average molecular weight is 287 g/mol. The lowest BCUT2D eigenvalue weighted by atomic mass is 9.88. The van der Waals surface area contributed by atoms with Crippen molar-refractivity contribution in [1.29, 1.82) is 0 Å². The standard InChI is InChI=1S/C16H21N3O2/c1-16(15(17)21)6-7-19(10-16)14(20)13-9-18-8-11-4-2-3-5-12(11)13/h2-5,13,18H,6-10H2,1H3,(H2,17,21). The molecule has 1 aromatic carbocycles. The fraction of sp³-hybridized carbons (Fsp3) is 0.500. The number of nitrogens with zero attached hydrogens (tertiary/aromatic N) is 1. The molecule has 0 bridgehead atoms. The molecular formula is C16H21N3O2. The maximum atomic E-state index is 12.8. The average Bonchev–Trinajstić information content (AvgIpc) is 2.90. The summed E-state index contributed by atoms with van der Waals surface area (Å²) in [6.45, 7) is 4.34. The molecule has 21 heavy (non-hydrogen) atoms. The molecule has 1 aromatic rings. The predicted molar refractivity (Wildman–Crippen MR) is 79.4 cm³/mol. The molecule has 2 atom stereocenters. The van der Waals surface area contributed by atoms with E-state index >= 15 is 0 Å². The number of primary amides is 1. The minimum absolute atomic E-state index is 0.0969. The van der Waals surface area contributed by atoms with E-state index in [2.05, 4.69) is 11.4 Å². The van der Waals surface area contributed by atoms with Crippen molar-refractivity contribution in [2.75, 3.05) is 19.6 Å². The molecule has 112 valence electrons. The molecule has 2 heterocycles. The Labute approximate surface area is 124 Å². The smallest absolute Gasteiger partial charge is 0.231 e. The quantitative estimate of drug-likeness (QED) is 0.836. The van der Waals surface area contributed by atoms with Gasteiger partial charge in [-0.15, -0.1) is 0 Å². The lowest BCUT2D eigenvalue weighted by molar-refractivity contribution is -0.133. The van der Waals surface area contributed by atoms with Crippen LogP contribution in [-0.4, -0.2) is 36.3 Å². The summed E-state index contributed by atoms with van der Waals surface area (Å²) in [6.07, 6.45) is 0.649. The van der Waals surface area contributed by atoms with Crippen LogP contribution >= 0.6 is 0 Å². The van der Waals surface area contributed by atoms with Crippen LogP contribution in [0, 0.1) is 5.41 Å². The van der Waals surface area contributed by atoms with E-state index in [9.17, 15) is 9.59 Å². The highest BCUT2D eigenvalue weighted by molar-refractivity contribution is 5.87. The van der Waals surface area contributed by atoms with Gasteiger partial charge in [-0.1, -0.05) is 24.3 Å². The SMILES string of the molecule is CC1(C(N)=O)CCN(C(=O)C2CNCc3ccccc32)C1. The maximum absolute atomic E-state index is 12.8. The van der Waals surface area contributed by atoms with Crippen LogP contribution in [0.2, 0.25) is 0 Å². The maximum Gasteiger partial charge on any atom is 0.231 e. The minimum Gasteiger partial charge on any atom is -0.369 e. The van der Waals surface area contributed by atoms with Crippen molar-refractivity contribution in [2.45, 2.75) is 25.8 Å². The van der Waals surface area contributed by atoms with Gasteiger partial charge in [0, 0.05) is 26.2 Å². The van der Waals surface area contributed by atoms with E-state index in [0.29, 0.717) is 26.1 Å². The van der Waals surface area contributed by atoms with Crippen LogP contribution in [0.3, 0.4) is 0 Å². The molecule has 1 fully saturated rings. The van der Waals surface area contributed by atoms with Gasteiger partial charge < -0.3 is 16.0 Å². The third-order valence-electron chi connectivity index (χ3n) is 4.77. The number of hydrogen-bond acceptors (Lipinski definition) is 3. The largest absolute Gasteiger partial charge is 0.369 e. The third-order valence-corrected chi connectivity index (χ3v) is 4.77. The van der Waals surface area contributed by atoms with Crippen molar-refractivity contribution >= 4 is 11.8 Å². The molecule has 5 heteroatoms. The van der Waals surface area contributed by atoms with Gasteiger partial charge in [0.05, 0.1) is 11.3 Å². The molecule has 0 aromatic heterocycles. The number of carbonyl (C=O) groups excluding carboxylic acids is 2. The highest BCUT2D eigenvalue weighted by Gasteiger charge is 2.42. The lowest BCUT2D eigenvalue weighted by Crippen LogP contribution is -2.43. The van der Waals surface area contributed by atoms with Crippen LogP contribution in [0.4, 0.5) is 0 Å². The van der Waals surface area contributed by atoms with Crippen molar-refractivity contribution in [3.05, 3.63) is 35.4 Å². The molecule has 2 unspecified atom stereocenters. The van der Waals surface area contributed by atoms with Gasteiger partial charge in [-0.2, -0.15) is 0 Å². The molecule has 2 aliphatic heterocycles. The van der Waals surface area contributed by atoms with Gasteiger partial charge in [-0.05, 0) is 24.5 Å². The van der Waals surface area contributed by atoms with E-state index in [4.69, 9.17) is 5.73 Å². The van der Waals surface area contributed by atoms with Crippen molar-refractivity contribution in [3.8, 4) is 0 Å². The lowest BCUT2D eigenvalue weighted by Gasteiger charge is -2.30. The summed E-state index contributed by atoms with van der Waals surface area (Å²) in [6, 6.07) is 8.05. The second-order valence-corrected chi connectivity index (χ2v) is 6.32. The number of nitrogens with one attached hydrogen (secondary N) is 1. The van der Waals surface area contributed by atoms with E-state index in [1.165, 1.54) is 5.56 Å². The van der Waals surface area contributed by atoms with Crippen LogP contribution in [0.1, 0.15) is 30.4 Å². The molecule has 3 N–H and O–H groups in total. The number of carbonyl (C=O) groups is 2. The Kier molecular flexibility index (Phi) is 3.45. The Balaban J connectivity index is 1.80. The molecule has 3 rings (SSSR count). The van der Waals surface area contributed by atoms with E-state index in [1.807, 2.05) is 25.1 Å². The zero-order chi connectivity index (χ0) is 15.0. The molecule has 2 amide bonds. The summed E-state index contributed by atoms with van der Waals surface area (Å²) in [5.41, 5.74) is 7.16. The highest BCUT2D eigenvalue weighted by Crippen LogP contribution is 2.33. The monoisotopic (exact) mass is 287 g/mol. The zero-order valence-electron chi connectivity index (χ0n) is 12.3. The first kappa shape index (κ1) is 14.1. The second kappa shape index (κ2) is 5.15. The number of rotatable bonds is 2. The van der Waals surface area contributed by atoms with Gasteiger partial charge in [0.2, 0.25) is 11.8 Å². The second-order valence-electron chi connectivity index (χ2n) is 6.32. The van der Waals surface area contributed by atoms with E-state index in [0.717, 1.165) is 12.1 Å².